The first kappa shape index (κ1) is 24.6. The number of amidine groups is 1. The van der Waals surface area contributed by atoms with Gasteiger partial charge in [-0.2, -0.15) is 0 Å². The Hall–Kier alpha value is -1.01. The van der Waals surface area contributed by atoms with Crippen LogP contribution in [0.25, 0.3) is 0 Å². The number of aliphatic hydroxyl groups is 1. The molecule has 1 fully saturated rings. The monoisotopic (exact) mass is 536 g/mol. The number of hydrogen-bond donors (Lipinski definition) is 2. The largest absolute Gasteiger partial charge is 0.465 e. The van der Waals surface area contributed by atoms with E-state index < -0.39 is 42.9 Å². The number of thioether (sulfide) groups is 1. The Morgan fingerprint density at radius 3 is 2.74 bits per heavy atom. The van der Waals surface area contributed by atoms with E-state index >= 15 is 0 Å². The summed E-state index contributed by atoms with van der Waals surface area (Å²) in [5.41, 5.74) is -1.56. The van der Waals surface area contributed by atoms with Crippen molar-refractivity contribution in [3.63, 3.8) is 0 Å². The smallest absolute Gasteiger partial charge is 0.415 e. The van der Waals surface area contributed by atoms with Crippen molar-refractivity contribution in [2.75, 3.05) is 26.6 Å². The first-order chi connectivity index (χ1) is 14.5. The molecule has 0 unspecified atom stereocenters. The van der Waals surface area contributed by atoms with Crippen LogP contribution in [-0.4, -0.2) is 65.8 Å². The Morgan fingerprint density at radius 2 is 2.16 bits per heavy atom. The number of carboxylic acid groups (broad SMARTS) is 1. The number of ether oxygens (including phenoxy) is 1. The Morgan fingerprint density at radius 1 is 1.45 bits per heavy atom. The second kappa shape index (κ2) is 9.09. The topological polar surface area (TPSA) is 82.4 Å². The van der Waals surface area contributed by atoms with Crippen LogP contribution >= 0.6 is 27.7 Å². The van der Waals surface area contributed by atoms with Crippen molar-refractivity contribution in [1.29, 1.82) is 0 Å². The molecule has 3 atom stereocenters. The Kier molecular flexibility index (Phi) is 7.22. The fraction of sp³-hybridized carbons (Fsp3) is 0.600. The SMILES string of the molecule is C[Si](C)(C)CCOCN(C(=O)O)C1=N[C@](CF)(c2cc(Br)ccc2F)[C@@H]2C[C@]2(CO)S1. The maximum Gasteiger partial charge on any atom is 0.415 e. The average Bonchev–Trinajstić information content (AvgIpc) is 3.43. The summed E-state index contributed by atoms with van der Waals surface area (Å²) in [6, 6.07) is 5.07. The number of halogens is 3. The van der Waals surface area contributed by atoms with Crippen LogP contribution in [0.5, 0.6) is 0 Å². The molecule has 6 nitrogen and oxygen atoms in total. The van der Waals surface area contributed by atoms with E-state index in [1.54, 1.807) is 0 Å². The molecule has 31 heavy (non-hydrogen) atoms. The zero-order valence-electron chi connectivity index (χ0n) is 17.7. The van der Waals surface area contributed by atoms with Crippen LogP contribution in [0.15, 0.2) is 27.7 Å². The summed E-state index contributed by atoms with van der Waals surface area (Å²) >= 11 is 4.40. The van der Waals surface area contributed by atoms with Gasteiger partial charge in [0.2, 0.25) is 0 Å². The van der Waals surface area contributed by atoms with Gasteiger partial charge >= 0.3 is 6.09 Å². The molecule has 0 radical (unpaired) electrons. The molecule has 0 aromatic heterocycles. The number of fused-ring (bicyclic) bond motifs is 1. The molecule has 1 aromatic rings. The standard InChI is InChI=1S/C20H27BrF2N2O4SSi/c1-31(2,3)7-6-29-12-25(18(27)28)17-24-20(10-22,16-9-19(16,11-26)30-17)14-8-13(21)4-5-15(14)23/h4-5,8,16,26H,6-7,9-12H2,1-3H3,(H,27,28)/t16-,19-,20-/m1/s1. The summed E-state index contributed by atoms with van der Waals surface area (Å²) in [5.74, 6) is -1.07. The van der Waals surface area contributed by atoms with Crippen LogP contribution in [0, 0.1) is 11.7 Å². The van der Waals surface area contributed by atoms with Crippen LogP contribution in [0.4, 0.5) is 13.6 Å². The molecule has 0 spiro atoms. The fourth-order valence-electron chi connectivity index (χ4n) is 3.78. The number of carbonyl (C=O) groups is 1. The molecular formula is C20H27BrF2N2O4SSi. The van der Waals surface area contributed by atoms with E-state index in [4.69, 9.17) is 4.74 Å². The third-order valence-electron chi connectivity index (χ3n) is 5.74. The van der Waals surface area contributed by atoms with Gasteiger partial charge in [0.05, 0.1) is 11.4 Å². The van der Waals surface area contributed by atoms with Gasteiger partial charge in [-0.3, -0.25) is 0 Å². The van der Waals surface area contributed by atoms with Crippen molar-refractivity contribution < 1.29 is 28.5 Å². The number of hydrogen-bond acceptors (Lipinski definition) is 5. The van der Waals surface area contributed by atoms with E-state index in [9.17, 15) is 23.8 Å². The van der Waals surface area contributed by atoms with Crippen molar-refractivity contribution in [2.45, 2.75) is 42.4 Å². The van der Waals surface area contributed by atoms with Gasteiger partial charge in [0.25, 0.3) is 0 Å². The molecule has 0 saturated heterocycles. The van der Waals surface area contributed by atoms with Gasteiger partial charge in [0.1, 0.15) is 24.8 Å². The number of aliphatic hydroxyl groups excluding tert-OH is 1. The van der Waals surface area contributed by atoms with Crippen molar-refractivity contribution in [1.82, 2.24) is 4.90 Å². The first-order valence-corrected chi connectivity index (χ1v) is 15.3. The molecule has 3 rings (SSSR count). The number of benzene rings is 1. The van der Waals surface area contributed by atoms with Crippen molar-refractivity contribution in [3.8, 4) is 0 Å². The van der Waals surface area contributed by atoms with Crippen LogP contribution in [0.2, 0.25) is 25.7 Å². The highest BCUT2D eigenvalue weighted by atomic mass is 79.9. The molecule has 2 aliphatic rings. The minimum absolute atomic E-state index is 0.0142. The van der Waals surface area contributed by atoms with Crippen molar-refractivity contribution in [3.05, 3.63) is 34.1 Å². The number of alkyl halides is 1. The van der Waals surface area contributed by atoms with Gasteiger partial charge in [-0.05, 0) is 30.7 Å². The van der Waals surface area contributed by atoms with Crippen LogP contribution in [0.3, 0.4) is 0 Å². The second-order valence-electron chi connectivity index (χ2n) is 9.22. The first-order valence-electron chi connectivity index (χ1n) is 9.97. The average molecular weight is 537 g/mol. The fourth-order valence-corrected chi connectivity index (χ4v) is 6.36. The number of aliphatic imine (C=N–C) groups is 1. The Balaban J connectivity index is 1.97. The Bertz CT molecular complexity index is 887. The second-order valence-corrected chi connectivity index (χ2v) is 17.1. The molecular weight excluding hydrogens is 510 g/mol. The molecule has 1 amide bonds. The summed E-state index contributed by atoms with van der Waals surface area (Å²) in [4.78, 5) is 17.4. The summed E-state index contributed by atoms with van der Waals surface area (Å²) < 4.78 is 34.8. The molecule has 1 aromatic carbocycles. The van der Waals surface area contributed by atoms with E-state index in [0.717, 1.165) is 22.7 Å². The van der Waals surface area contributed by atoms with E-state index in [1.165, 1.54) is 18.2 Å². The van der Waals surface area contributed by atoms with Crippen molar-refractivity contribution in [2.24, 2.45) is 10.9 Å². The van der Waals surface area contributed by atoms with Gasteiger partial charge < -0.3 is 14.9 Å². The summed E-state index contributed by atoms with van der Waals surface area (Å²) in [6.07, 6.45) is -0.894. The van der Waals surface area contributed by atoms with Gasteiger partial charge in [-0.25, -0.2) is 23.5 Å². The molecule has 1 saturated carbocycles. The molecule has 1 aliphatic heterocycles. The molecule has 1 aliphatic carbocycles. The predicted octanol–water partition coefficient (Wildman–Crippen LogP) is 4.90. The van der Waals surface area contributed by atoms with Gasteiger partial charge in [-0.1, -0.05) is 47.3 Å². The maximum atomic E-state index is 14.8. The quantitative estimate of drug-likeness (QED) is 0.280. The normalized spacial score (nSPS) is 27.5. The number of amides is 1. The lowest BCUT2D eigenvalue weighted by molar-refractivity contribution is 0.0698. The number of nitrogens with zero attached hydrogens (tertiary/aromatic N) is 2. The lowest BCUT2D eigenvalue weighted by Crippen LogP contribution is -2.46. The minimum Gasteiger partial charge on any atom is -0.465 e. The van der Waals surface area contributed by atoms with Gasteiger partial charge in [-0.15, -0.1) is 0 Å². The summed E-state index contributed by atoms with van der Waals surface area (Å²) in [6.45, 7) is 5.40. The predicted molar refractivity (Wildman–Crippen MR) is 124 cm³/mol. The molecule has 2 N–H and O–H groups in total. The van der Waals surface area contributed by atoms with Crippen molar-refractivity contribution >= 4 is 47.0 Å². The van der Waals surface area contributed by atoms with E-state index in [2.05, 4.69) is 40.6 Å². The molecule has 172 valence electrons. The van der Waals surface area contributed by atoms with Gasteiger partial charge in [0, 0.05) is 30.6 Å². The highest BCUT2D eigenvalue weighted by Crippen LogP contribution is 2.66. The highest BCUT2D eigenvalue weighted by Gasteiger charge is 2.69. The highest BCUT2D eigenvalue weighted by molar-refractivity contribution is 9.10. The molecule has 1 heterocycles. The lowest BCUT2D eigenvalue weighted by atomic mass is 9.85. The maximum absolute atomic E-state index is 14.8. The lowest BCUT2D eigenvalue weighted by Gasteiger charge is -2.37. The zero-order chi connectivity index (χ0) is 23.0. The zero-order valence-corrected chi connectivity index (χ0v) is 21.1. The summed E-state index contributed by atoms with van der Waals surface area (Å²) in [5, 5.41) is 19.8. The van der Waals surface area contributed by atoms with E-state index in [1.807, 2.05) is 0 Å². The van der Waals surface area contributed by atoms with E-state index in [-0.39, 0.29) is 24.1 Å². The molecule has 11 heteroatoms. The minimum atomic E-state index is -1.61. The molecule has 0 bridgehead atoms. The Labute approximate surface area is 194 Å². The van der Waals surface area contributed by atoms with Crippen LogP contribution < -0.4 is 0 Å². The third-order valence-corrected chi connectivity index (χ3v) is 9.41. The summed E-state index contributed by atoms with van der Waals surface area (Å²) in [7, 11) is -1.36. The third kappa shape index (κ3) is 5.00. The van der Waals surface area contributed by atoms with E-state index in [0.29, 0.717) is 17.5 Å². The van der Waals surface area contributed by atoms with Crippen LogP contribution in [-0.2, 0) is 10.3 Å². The van der Waals surface area contributed by atoms with Gasteiger partial charge in [0.15, 0.2) is 5.17 Å². The number of rotatable bonds is 8. The van der Waals surface area contributed by atoms with Crippen LogP contribution in [0.1, 0.15) is 12.0 Å².